The molecule has 0 heterocycles. The number of ether oxygens (including phenoxy) is 1. The summed E-state index contributed by atoms with van der Waals surface area (Å²) in [4.78, 5) is 11.2. The van der Waals surface area contributed by atoms with Crippen LogP contribution < -0.4 is 0 Å². The third kappa shape index (κ3) is 1.76. The van der Waals surface area contributed by atoms with Gasteiger partial charge in [0.1, 0.15) is 0 Å². The molecule has 0 spiro atoms. The Morgan fingerprint density at radius 3 is 2.67 bits per heavy atom. The molecule has 1 rings (SSSR count). The zero-order valence-electron chi connectivity index (χ0n) is 7.64. The summed E-state index contributed by atoms with van der Waals surface area (Å²) in [6.07, 6.45) is 2.56. The molecule has 0 aromatic rings. The summed E-state index contributed by atoms with van der Waals surface area (Å²) in [5.74, 6) is -0.181. The second kappa shape index (κ2) is 3.57. The third-order valence-electron chi connectivity index (χ3n) is 2.19. The maximum absolute atomic E-state index is 11.2. The predicted molar refractivity (Wildman–Crippen MR) is 47.7 cm³/mol. The van der Waals surface area contributed by atoms with Crippen molar-refractivity contribution in [1.82, 2.24) is 0 Å². The zero-order chi connectivity index (χ0) is 9.14. The van der Waals surface area contributed by atoms with Crippen molar-refractivity contribution in [3.63, 3.8) is 0 Å². The Labute approximate surface area is 72.9 Å². The Bertz CT molecular complexity index is 249. The first-order valence-electron chi connectivity index (χ1n) is 4.08. The molecule has 0 bridgehead atoms. The van der Waals surface area contributed by atoms with E-state index in [9.17, 15) is 4.79 Å². The summed E-state index contributed by atoms with van der Waals surface area (Å²) >= 11 is 0. The highest BCUT2D eigenvalue weighted by Crippen LogP contribution is 2.27. The molecule has 66 valence electrons. The van der Waals surface area contributed by atoms with Crippen molar-refractivity contribution < 1.29 is 9.53 Å². The highest BCUT2D eigenvalue weighted by Gasteiger charge is 2.17. The van der Waals surface area contributed by atoms with E-state index in [0.29, 0.717) is 0 Å². The maximum Gasteiger partial charge on any atom is 0.333 e. The van der Waals surface area contributed by atoms with E-state index in [1.165, 1.54) is 12.7 Å². The van der Waals surface area contributed by atoms with Crippen LogP contribution in [0.25, 0.3) is 0 Å². The van der Waals surface area contributed by atoms with Crippen LogP contribution in [0.4, 0.5) is 0 Å². The molecule has 0 aliphatic heterocycles. The van der Waals surface area contributed by atoms with Crippen LogP contribution in [0.2, 0.25) is 0 Å². The van der Waals surface area contributed by atoms with Crippen LogP contribution >= 0.6 is 0 Å². The van der Waals surface area contributed by atoms with E-state index >= 15 is 0 Å². The first kappa shape index (κ1) is 9.04. The van der Waals surface area contributed by atoms with E-state index in [-0.39, 0.29) is 5.97 Å². The van der Waals surface area contributed by atoms with Gasteiger partial charge in [0, 0.05) is 5.57 Å². The molecule has 1 aliphatic carbocycles. The Balaban J connectivity index is 2.82. The van der Waals surface area contributed by atoms with Gasteiger partial charge in [0.2, 0.25) is 0 Å². The Morgan fingerprint density at radius 1 is 1.50 bits per heavy atom. The number of carbonyl (C=O) groups is 1. The first-order valence-corrected chi connectivity index (χ1v) is 4.08. The second-order valence-electron chi connectivity index (χ2n) is 3.18. The van der Waals surface area contributed by atoms with Gasteiger partial charge in [-0.15, -0.1) is 0 Å². The van der Waals surface area contributed by atoms with Crippen molar-refractivity contribution in [1.29, 1.82) is 0 Å². The van der Waals surface area contributed by atoms with Crippen molar-refractivity contribution in [3.8, 4) is 0 Å². The average molecular weight is 166 g/mol. The van der Waals surface area contributed by atoms with Crippen LogP contribution in [-0.4, -0.2) is 13.1 Å². The highest BCUT2D eigenvalue weighted by atomic mass is 16.5. The van der Waals surface area contributed by atoms with Gasteiger partial charge in [-0.2, -0.15) is 0 Å². The van der Waals surface area contributed by atoms with Crippen molar-refractivity contribution in [2.24, 2.45) is 0 Å². The van der Waals surface area contributed by atoms with Crippen molar-refractivity contribution in [2.45, 2.75) is 26.2 Å². The predicted octanol–water partition coefficient (Wildman–Crippen LogP) is 2.22. The molecule has 2 heteroatoms. The molecule has 0 atom stereocenters. The number of esters is 1. The van der Waals surface area contributed by atoms with E-state index in [1.54, 1.807) is 0 Å². The topological polar surface area (TPSA) is 26.3 Å². The summed E-state index contributed by atoms with van der Waals surface area (Å²) in [6.45, 7) is 5.87. The molecule has 0 saturated carbocycles. The van der Waals surface area contributed by atoms with Gasteiger partial charge in [-0.05, 0) is 26.2 Å². The lowest BCUT2D eigenvalue weighted by Crippen LogP contribution is -2.11. The molecule has 0 saturated heterocycles. The second-order valence-corrected chi connectivity index (χ2v) is 3.18. The van der Waals surface area contributed by atoms with Crippen LogP contribution in [0.5, 0.6) is 0 Å². The Hall–Kier alpha value is -1.05. The van der Waals surface area contributed by atoms with Gasteiger partial charge in [0.05, 0.1) is 7.11 Å². The standard InChI is InChI=1S/C10H14O2/c1-7-4-5-9(8(2)6-7)10(11)12-3/h1,4-6H2,2-3H3. The monoisotopic (exact) mass is 166 g/mol. The van der Waals surface area contributed by atoms with E-state index in [1.807, 2.05) is 6.92 Å². The molecule has 0 unspecified atom stereocenters. The minimum absolute atomic E-state index is 0.181. The Kier molecular flexibility index (Phi) is 2.69. The summed E-state index contributed by atoms with van der Waals surface area (Å²) in [5, 5.41) is 0. The van der Waals surface area contributed by atoms with Crippen LogP contribution in [-0.2, 0) is 9.53 Å². The minimum Gasteiger partial charge on any atom is -0.466 e. The van der Waals surface area contributed by atoms with Gasteiger partial charge in [0.15, 0.2) is 0 Å². The summed E-state index contributed by atoms with van der Waals surface area (Å²) in [5.41, 5.74) is 3.16. The lowest BCUT2D eigenvalue weighted by Gasteiger charge is -2.17. The summed E-state index contributed by atoms with van der Waals surface area (Å²) in [7, 11) is 1.42. The van der Waals surface area contributed by atoms with Crippen LogP contribution in [0, 0.1) is 0 Å². The number of hydrogen-bond donors (Lipinski definition) is 0. The number of hydrogen-bond acceptors (Lipinski definition) is 2. The molecule has 0 aromatic carbocycles. The zero-order valence-corrected chi connectivity index (χ0v) is 7.64. The fraction of sp³-hybridized carbons (Fsp3) is 0.500. The molecular weight excluding hydrogens is 152 g/mol. The normalized spacial score (nSPS) is 18.0. The molecular formula is C10H14O2. The van der Waals surface area contributed by atoms with Gasteiger partial charge < -0.3 is 4.74 Å². The lowest BCUT2D eigenvalue weighted by atomic mass is 9.90. The maximum atomic E-state index is 11.2. The SMILES string of the molecule is C=C1CCC(C(=O)OC)=C(C)C1. The largest absolute Gasteiger partial charge is 0.466 e. The third-order valence-corrected chi connectivity index (χ3v) is 2.19. The molecule has 0 N–H and O–H groups in total. The minimum atomic E-state index is -0.181. The van der Waals surface area contributed by atoms with Crippen molar-refractivity contribution >= 4 is 5.97 Å². The molecule has 2 nitrogen and oxygen atoms in total. The van der Waals surface area contributed by atoms with Crippen LogP contribution in [0.1, 0.15) is 26.2 Å². The quantitative estimate of drug-likeness (QED) is 0.441. The number of methoxy groups -OCH3 is 1. The lowest BCUT2D eigenvalue weighted by molar-refractivity contribution is -0.136. The van der Waals surface area contributed by atoms with Crippen LogP contribution in [0.15, 0.2) is 23.3 Å². The van der Waals surface area contributed by atoms with Gasteiger partial charge in [0.25, 0.3) is 0 Å². The number of carbonyl (C=O) groups excluding carboxylic acids is 1. The summed E-state index contributed by atoms with van der Waals surface area (Å²) in [6, 6.07) is 0. The van der Waals surface area contributed by atoms with E-state index in [4.69, 9.17) is 0 Å². The van der Waals surface area contributed by atoms with Gasteiger partial charge in [-0.1, -0.05) is 17.7 Å². The fourth-order valence-corrected chi connectivity index (χ4v) is 1.48. The molecule has 0 amide bonds. The van der Waals surface area contributed by atoms with Crippen molar-refractivity contribution in [2.75, 3.05) is 7.11 Å². The highest BCUT2D eigenvalue weighted by molar-refractivity contribution is 5.89. The van der Waals surface area contributed by atoms with Gasteiger partial charge >= 0.3 is 5.97 Å². The molecule has 1 aliphatic rings. The first-order chi connectivity index (χ1) is 5.65. The van der Waals surface area contributed by atoms with Crippen molar-refractivity contribution in [3.05, 3.63) is 23.3 Å². The van der Waals surface area contributed by atoms with E-state index in [0.717, 1.165) is 30.4 Å². The van der Waals surface area contributed by atoms with Gasteiger partial charge in [-0.3, -0.25) is 0 Å². The molecule has 0 radical (unpaired) electrons. The smallest absolute Gasteiger partial charge is 0.333 e. The summed E-state index contributed by atoms with van der Waals surface area (Å²) < 4.78 is 4.67. The Morgan fingerprint density at radius 2 is 2.17 bits per heavy atom. The number of allylic oxidation sites excluding steroid dienone is 2. The average Bonchev–Trinajstić information content (AvgIpc) is 2.03. The van der Waals surface area contributed by atoms with Gasteiger partial charge in [-0.25, -0.2) is 4.79 Å². The molecule has 0 aromatic heterocycles. The fourth-order valence-electron chi connectivity index (χ4n) is 1.48. The van der Waals surface area contributed by atoms with E-state index in [2.05, 4.69) is 11.3 Å². The molecule has 0 fully saturated rings. The van der Waals surface area contributed by atoms with Crippen LogP contribution in [0.3, 0.4) is 0 Å². The van der Waals surface area contributed by atoms with E-state index < -0.39 is 0 Å². The number of rotatable bonds is 1. The molecule has 12 heavy (non-hydrogen) atoms.